The van der Waals surface area contributed by atoms with E-state index in [0.29, 0.717) is 22.5 Å². The van der Waals surface area contributed by atoms with Crippen molar-refractivity contribution in [2.75, 3.05) is 0 Å². The summed E-state index contributed by atoms with van der Waals surface area (Å²) in [5.74, 6) is -3.37. The van der Waals surface area contributed by atoms with Gasteiger partial charge < -0.3 is 11.1 Å². The van der Waals surface area contributed by atoms with Crippen molar-refractivity contribution >= 4 is 17.6 Å². The summed E-state index contributed by atoms with van der Waals surface area (Å²) in [4.78, 5) is 42.3. The first-order valence-corrected chi connectivity index (χ1v) is 14.0. The van der Waals surface area contributed by atoms with Crippen LogP contribution in [0.3, 0.4) is 0 Å². The number of halogens is 3. The van der Waals surface area contributed by atoms with Gasteiger partial charge in [-0.3, -0.25) is 24.0 Å². The lowest BCUT2D eigenvalue weighted by Crippen LogP contribution is -2.34. The molecule has 2 heterocycles. The third kappa shape index (κ3) is 5.42. The molecule has 0 saturated heterocycles. The lowest BCUT2D eigenvalue weighted by atomic mass is 9.94. The molecular weight excluding hydrogens is 559 g/mol. The molecular formula is C32H28F3N5O3. The highest BCUT2D eigenvalue weighted by Gasteiger charge is 2.43. The third-order valence-corrected chi connectivity index (χ3v) is 8.29. The van der Waals surface area contributed by atoms with Crippen molar-refractivity contribution < 1.29 is 27.6 Å². The lowest BCUT2D eigenvalue weighted by Gasteiger charge is -2.22. The van der Waals surface area contributed by atoms with Crippen molar-refractivity contribution in [3.8, 4) is 11.1 Å². The van der Waals surface area contributed by atoms with Gasteiger partial charge in [-0.05, 0) is 73.1 Å². The van der Waals surface area contributed by atoms with Crippen molar-refractivity contribution in [2.24, 2.45) is 5.73 Å². The Kier molecular flexibility index (Phi) is 7.33. The van der Waals surface area contributed by atoms with E-state index in [1.165, 1.54) is 37.4 Å². The van der Waals surface area contributed by atoms with Crippen molar-refractivity contribution in [1.82, 2.24) is 20.1 Å². The van der Waals surface area contributed by atoms with Crippen molar-refractivity contribution in [3.63, 3.8) is 0 Å². The predicted octanol–water partition coefficient (Wildman–Crippen LogP) is 5.13. The second-order valence-electron chi connectivity index (χ2n) is 11.2. The minimum Gasteiger partial charge on any atom is -0.366 e. The summed E-state index contributed by atoms with van der Waals surface area (Å²) < 4.78 is 44.1. The molecule has 43 heavy (non-hydrogen) atoms. The van der Waals surface area contributed by atoms with Gasteiger partial charge in [0.2, 0.25) is 5.91 Å². The molecule has 1 saturated carbocycles. The van der Waals surface area contributed by atoms with E-state index in [-0.39, 0.29) is 41.7 Å². The van der Waals surface area contributed by atoms with Gasteiger partial charge in [0.15, 0.2) is 5.78 Å². The van der Waals surface area contributed by atoms with Crippen LogP contribution in [0, 0.1) is 17.5 Å². The van der Waals surface area contributed by atoms with E-state index in [9.17, 15) is 27.6 Å². The second kappa shape index (κ2) is 11.1. The summed E-state index contributed by atoms with van der Waals surface area (Å²) in [5, 5.41) is 7.46. The highest BCUT2D eigenvalue weighted by atomic mass is 19.1. The maximum Gasteiger partial charge on any atom is 0.251 e. The highest BCUT2D eigenvalue weighted by molar-refractivity contribution is 5.95. The Morgan fingerprint density at radius 2 is 1.79 bits per heavy atom. The molecule has 1 fully saturated rings. The van der Waals surface area contributed by atoms with Crippen LogP contribution in [0.15, 0.2) is 54.7 Å². The first kappa shape index (κ1) is 28.3. The zero-order chi connectivity index (χ0) is 30.4. The molecule has 0 spiro atoms. The molecule has 3 atom stereocenters. The van der Waals surface area contributed by atoms with Crippen molar-refractivity contribution in [3.05, 3.63) is 106 Å². The van der Waals surface area contributed by atoms with Crippen LogP contribution in [-0.2, 0) is 17.8 Å². The van der Waals surface area contributed by atoms with E-state index in [0.717, 1.165) is 42.7 Å². The summed E-state index contributed by atoms with van der Waals surface area (Å²) in [6, 6.07) is 9.39. The minimum absolute atomic E-state index is 0.0328. The molecule has 2 bridgehead atoms. The van der Waals surface area contributed by atoms with Crippen LogP contribution in [0.4, 0.5) is 13.2 Å². The summed E-state index contributed by atoms with van der Waals surface area (Å²) in [7, 11) is 0. The predicted molar refractivity (Wildman–Crippen MR) is 151 cm³/mol. The fraction of sp³-hybridized carbons (Fsp3) is 0.281. The van der Waals surface area contributed by atoms with Gasteiger partial charge in [0.05, 0.1) is 17.3 Å². The number of carbonyl (C=O) groups is 3. The molecule has 2 aliphatic carbocycles. The van der Waals surface area contributed by atoms with Crippen LogP contribution in [0.25, 0.3) is 11.1 Å². The van der Waals surface area contributed by atoms with Crippen LogP contribution < -0.4 is 11.1 Å². The molecule has 11 heteroatoms. The molecule has 220 valence electrons. The van der Waals surface area contributed by atoms with Crippen LogP contribution in [0.2, 0.25) is 0 Å². The lowest BCUT2D eigenvalue weighted by molar-refractivity contribution is -0.122. The Labute approximate surface area is 245 Å². The second-order valence-corrected chi connectivity index (χ2v) is 11.2. The van der Waals surface area contributed by atoms with E-state index >= 15 is 0 Å². The SMILES string of the molecule is CC(=O)c1nn(CC(=O)NC(Cc2cc(F)cc(F)c2)c2ncccc2-c2ccc(F)c(C(N)=O)c2)c2c1C1CCC2C1. The molecule has 2 amide bonds. The summed E-state index contributed by atoms with van der Waals surface area (Å²) >= 11 is 0. The number of nitrogens with zero attached hydrogens (tertiary/aromatic N) is 3. The quantitative estimate of drug-likeness (QED) is 0.263. The Morgan fingerprint density at radius 3 is 2.51 bits per heavy atom. The van der Waals surface area contributed by atoms with Gasteiger partial charge in [0.1, 0.15) is 29.7 Å². The Bertz CT molecular complexity index is 1770. The van der Waals surface area contributed by atoms with Crippen LogP contribution in [0.1, 0.15) is 87.4 Å². The van der Waals surface area contributed by atoms with Crippen molar-refractivity contribution in [1.29, 1.82) is 0 Å². The monoisotopic (exact) mass is 587 g/mol. The number of rotatable bonds is 9. The zero-order valence-corrected chi connectivity index (χ0v) is 23.2. The van der Waals surface area contributed by atoms with Crippen LogP contribution in [-0.4, -0.2) is 32.4 Å². The topological polar surface area (TPSA) is 120 Å². The maximum absolute atomic E-state index is 14.3. The van der Waals surface area contributed by atoms with Gasteiger partial charge in [-0.2, -0.15) is 5.10 Å². The van der Waals surface area contributed by atoms with Gasteiger partial charge >= 0.3 is 0 Å². The van der Waals surface area contributed by atoms with Crippen LogP contribution in [0.5, 0.6) is 0 Å². The summed E-state index contributed by atoms with van der Waals surface area (Å²) in [6.45, 7) is 1.30. The van der Waals surface area contributed by atoms with E-state index in [2.05, 4.69) is 15.4 Å². The molecule has 2 aromatic carbocycles. The molecule has 0 aliphatic heterocycles. The normalized spacial score (nSPS) is 17.5. The van der Waals surface area contributed by atoms with Crippen LogP contribution >= 0.6 is 0 Å². The Morgan fingerprint density at radius 1 is 1.05 bits per heavy atom. The maximum atomic E-state index is 14.3. The van der Waals surface area contributed by atoms with E-state index in [1.54, 1.807) is 16.8 Å². The fourth-order valence-electron chi connectivity index (χ4n) is 6.57. The number of nitrogens with one attached hydrogen (secondary N) is 1. The van der Waals surface area contributed by atoms with Gasteiger partial charge in [-0.25, -0.2) is 13.2 Å². The number of nitrogens with two attached hydrogens (primary N) is 1. The molecule has 3 N–H and O–H groups in total. The molecule has 2 aliphatic rings. The smallest absolute Gasteiger partial charge is 0.251 e. The number of fused-ring (bicyclic) bond motifs is 5. The molecule has 0 radical (unpaired) electrons. The van der Waals surface area contributed by atoms with Gasteiger partial charge in [-0.15, -0.1) is 0 Å². The number of hydrogen-bond donors (Lipinski definition) is 2. The Balaban J connectivity index is 1.37. The average Bonchev–Trinajstić information content (AvgIpc) is 3.66. The Hall–Kier alpha value is -4.80. The third-order valence-electron chi connectivity index (χ3n) is 8.29. The van der Waals surface area contributed by atoms with E-state index in [4.69, 9.17) is 5.73 Å². The number of primary amides is 1. The number of pyridine rings is 1. The minimum atomic E-state index is -0.949. The number of hydrogen-bond acceptors (Lipinski definition) is 5. The van der Waals surface area contributed by atoms with E-state index in [1.807, 2.05) is 0 Å². The fourth-order valence-corrected chi connectivity index (χ4v) is 6.57. The number of carbonyl (C=O) groups excluding carboxylic acids is 3. The van der Waals surface area contributed by atoms with Gasteiger partial charge in [0, 0.05) is 41.9 Å². The standard InChI is InChI=1S/C32H28F3N5O3/c1-16(41)29-28-19-4-5-20(12-19)31(28)40(39-29)15-27(42)38-26(11-17-9-21(33)14-22(34)10-17)30-23(3-2-8-37-30)18-6-7-25(35)24(13-18)32(36)43/h2-3,6-10,13-14,19-20,26H,4-5,11-12,15H2,1H3,(H2,36,43)(H,38,42). The summed E-state index contributed by atoms with van der Waals surface area (Å²) in [6.07, 6.45) is 4.36. The molecule has 4 aromatic rings. The molecule has 6 rings (SSSR count). The highest BCUT2D eigenvalue weighted by Crippen LogP contribution is 2.54. The van der Waals surface area contributed by atoms with E-state index < -0.39 is 35.3 Å². The summed E-state index contributed by atoms with van der Waals surface area (Å²) in [5.41, 5.74) is 8.78. The molecule has 8 nitrogen and oxygen atoms in total. The number of aromatic nitrogens is 3. The zero-order valence-electron chi connectivity index (χ0n) is 23.2. The largest absolute Gasteiger partial charge is 0.366 e. The van der Waals surface area contributed by atoms with Gasteiger partial charge in [0.25, 0.3) is 5.91 Å². The number of amides is 2. The first-order valence-electron chi connectivity index (χ1n) is 14.0. The number of ketones is 1. The number of Topliss-reactive ketones (excluding diaryl/α,β-unsaturated/α-hetero) is 1. The molecule has 3 unspecified atom stereocenters. The number of benzene rings is 2. The average molecular weight is 588 g/mol. The van der Waals surface area contributed by atoms with Crippen molar-refractivity contribution in [2.45, 2.75) is 57.0 Å². The molecule has 2 aromatic heterocycles. The van der Waals surface area contributed by atoms with Gasteiger partial charge in [-0.1, -0.05) is 12.1 Å². The first-order chi connectivity index (χ1) is 20.6.